The van der Waals surface area contributed by atoms with Crippen molar-refractivity contribution in [1.82, 2.24) is 40.9 Å². The van der Waals surface area contributed by atoms with Gasteiger partial charge in [0.2, 0.25) is 35.4 Å². The van der Waals surface area contributed by atoms with Gasteiger partial charge >= 0.3 is 0 Å². The molecule has 142 heavy (non-hydrogen) atoms. The van der Waals surface area contributed by atoms with Crippen molar-refractivity contribution in [2.24, 2.45) is 0 Å². The minimum Gasteiger partial charge on any atom is -0.457 e. The Morgan fingerprint density at radius 1 is 0.317 bits per heavy atom. The van der Waals surface area contributed by atoms with E-state index in [1.165, 1.54) is 9.80 Å². The van der Waals surface area contributed by atoms with Gasteiger partial charge in [-0.3, -0.25) is 57.7 Å². The van der Waals surface area contributed by atoms with E-state index in [4.69, 9.17) is 27.8 Å². The Morgan fingerprint density at radius 2 is 0.556 bits per heavy atom. The minimum absolute atomic E-state index is 0.0374. The molecule has 0 saturated carbocycles. The third-order valence-corrected chi connectivity index (χ3v) is 26.6. The maximum atomic E-state index is 17.7. The first-order valence-corrected chi connectivity index (χ1v) is 47.8. The van der Waals surface area contributed by atoms with Crippen LogP contribution in [0.25, 0.3) is 87.0 Å². The van der Waals surface area contributed by atoms with E-state index in [2.05, 4.69) is 131 Å². The van der Waals surface area contributed by atoms with Crippen molar-refractivity contribution in [3.8, 4) is 46.0 Å². The summed E-state index contributed by atoms with van der Waals surface area (Å²) in [6.07, 6.45) is -0.720. The van der Waals surface area contributed by atoms with Gasteiger partial charge < -0.3 is 58.8 Å². The molecule has 13 aromatic carbocycles. The molecule has 0 fully saturated rings. The highest BCUT2D eigenvalue weighted by atomic mass is 16.5. The summed E-state index contributed by atoms with van der Waals surface area (Å²) >= 11 is 0. The van der Waals surface area contributed by atoms with Crippen LogP contribution < -0.4 is 40.2 Å². The largest absolute Gasteiger partial charge is 0.457 e. The number of nitrogens with one attached hydrogen (secondary N) is 4. The predicted molar refractivity (Wildman–Crippen MR) is 556 cm³/mol. The van der Waals surface area contributed by atoms with E-state index < -0.39 is 71.2 Å². The van der Waals surface area contributed by atoms with Gasteiger partial charge in [0.15, 0.2) is 0 Å². The van der Waals surface area contributed by atoms with Gasteiger partial charge in [-0.25, -0.2) is 0 Å². The molecular formula is C118H116N8O16. The molecule has 2 atom stereocenters. The Balaban J connectivity index is 0.996. The highest BCUT2D eigenvalue weighted by Gasteiger charge is 2.49. The predicted octanol–water partition coefficient (Wildman–Crippen LogP) is 22.7. The number of amides is 10. The third kappa shape index (κ3) is 19.0. The molecular weight excluding hydrogens is 1790 g/mol. The van der Waals surface area contributed by atoms with Gasteiger partial charge in [-0.1, -0.05) is 231 Å². The molecule has 0 spiro atoms. The van der Waals surface area contributed by atoms with E-state index >= 15 is 28.8 Å². The quantitative estimate of drug-likeness (QED) is 0.0132. The van der Waals surface area contributed by atoms with E-state index in [1.54, 1.807) is 113 Å². The lowest BCUT2D eigenvalue weighted by atomic mass is 9.80. The summed E-state index contributed by atoms with van der Waals surface area (Å²) in [5.74, 6) is -6.44. The Labute approximate surface area is 824 Å². The summed E-state index contributed by atoms with van der Waals surface area (Å²) in [4.78, 5) is 163. The molecule has 17 rings (SSSR count). The summed E-state index contributed by atoms with van der Waals surface area (Å²) in [7, 11) is 0. The smallest absolute Gasteiger partial charge is 0.262 e. The first-order chi connectivity index (χ1) is 67.4. The molecule has 24 heteroatoms. The SMILES string of the molecule is C=C(C)C(=O)NCCN(CCNC(=O)C(=C)C)C(=O)C(Cc1cccc2c1oc1ccccc12)N1C(=O)c2cc(Oc3ccc(C(C)(C)C)cc3)c3c4c(Oc5ccc(C(C)(C)C)cc5)cc5c6c(cc(Oc7ccc(C(C)(C)C)cc7)c(c7c(Oc8ccc(C(C)(C)C)cc8)cc(c2c37)C1=O)c64)C(=O)N(C(Cc1cccc2c1oc1ccccc12)C(=O)N(CCNC(=O)C(=C)C)CCNC(=O)C(=C)C)C5=O. The van der Waals surface area contributed by atoms with Crippen LogP contribution in [0.15, 0.2) is 264 Å². The number of hydrogen-bond acceptors (Lipinski definition) is 16. The molecule has 10 amide bonds. The van der Waals surface area contributed by atoms with Gasteiger partial charge in [-0.2, -0.15) is 0 Å². The Hall–Kier alpha value is -16.0. The van der Waals surface area contributed by atoms with Crippen molar-refractivity contribution in [3.63, 3.8) is 0 Å². The number of hydrogen-bond donors (Lipinski definition) is 4. The number of carbonyl (C=O) groups excluding carboxylic acids is 10. The summed E-state index contributed by atoms with van der Waals surface area (Å²) in [5, 5.41) is 15.4. The van der Waals surface area contributed by atoms with Gasteiger partial charge in [0.05, 0.1) is 22.3 Å². The van der Waals surface area contributed by atoms with E-state index in [9.17, 15) is 19.2 Å². The number of ether oxygens (including phenoxy) is 4. The second kappa shape index (κ2) is 38.3. The number of carbonyl (C=O) groups is 10. The average Bonchev–Trinajstić information content (AvgIpc) is 0.823. The molecule has 0 aliphatic carbocycles. The fourth-order valence-corrected chi connectivity index (χ4v) is 18.9. The number of rotatable bonds is 32. The lowest BCUT2D eigenvalue weighted by Gasteiger charge is -2.38. The van der Waals surface area contributed by atoms with Crippen molar-refractivity contribution >= 4 is 146 Å². The number of fused-ring (bicyclic) bond motifs is 8. The zero-order valence-electron chi connectivity index (χ0n) is 83.0. The van der Waals surface area contributed by atoms with Gasteiger partial charge in [0.25, 0.3) is 23.6 Å². The Kier molecular flexibility index (Phi) is 26.4. The van der Waals surface area contributed by atoms with Crippen LogP contribution in [0.3, 0.4) is 0 Å². The van der Waals surface area contributed by atoms with Crippen LogP contribution in [-0.2, 0) is 63.3 Å². The van der Waals surface area contributed by atoms with E-state index in [0.717, 1.165) is 42.8 Å². The third-order valence-electron chi connectivity index (χ3n) is 26.6. The van der Waals surface area contributed by atoms with Crippen LogP contribution in [0, 0.1) is 0 Å². The highest BCUT2D eigenvalue weighted by Crippen LogP contribution is 2.59. The minimum atomic E-state index is -1.77. The van der Waals surface area contributed by atoms with Crippen molar-refractivity contribution < 1.29 is 75.7 Å². The lowest BCUT2D eigenvalue weighted by molar-refractivity contribution is -0.136. The summed E-state index contributed by atoms with van der Waals surface area (Å²) in [6.45, 7) is 45.2. The molecule has 0 radical (unpaired) electrons. The van der Waals surface area contributed by atoms with Crippen molar-refractivity contribution in [2.75, 3.05) is 52.4 Å². The summed E-state index contributed by atoms with van der Waals surface area (Å²) in [5.41, 5.74) is 5.20. The number of para-hydroxylation sites is 4. The molecule has 2 aliphatic heterocycles. The van der Waals surface area contributed by atoms with Crippen LogP contribution in [0.4, 0.5) is 0 Å². The van der Waals surface area contributed by atoms with Gasteiger partial charge in [-0.15, -0.1) is 0 Å². The van der Waals surface area contributed by atoms with Crippen LogP contribution in [-0.4, -0.2) is 143 Å². The number of furan rings is 2. The normalized spacial score (nSPS) is 13.3. The first kappa shape index (κ1) is 97.7. The number of imide groups is 2. The molecule has 0 saturated heterocycles. The molecule has 2 aromatic heterocycles. The maximum Gasteiger partial charge on any atom is 0.262 e. The van der Waals surface area contributed by atoms with Gasteiger partial charge in [-0.05, 0) is 168 Å². The van der Waals surface area contributed by atoms with Crippen LogP contribution >= 0.6 is 0 Å². The molecule has 4 N–H and O–H groups in total. The van der Waals surface area contributed by atoms with E-state index in [-0.39, 0.29) is 220 Å². The topological polar surface area (TPSA) is 295 Å². The van der Waals surface area contributed by atoms with Gasteiger partial charge in [0, 0.05) is 152 Å². The molecule has 4 heterocycles. The Morgan fingerprint density at radius 3 is 0.796 bits per heavy atom. The van der Waals surface area contributed by atoms with Crippen molar-refractivity contribution in [3.05, 3.63) is 310 Å². The second-order valence-corrected chi connectivity index (χ2v) is 41.2. The molecule has 24 nitrogen and oxygen atoms in total. The average molecular weight is 1900 g/mol. The van der Waals surface area contributed by atoms with E-state index in [1.807, 2.05) is 121 Å². The van der Waals surface area contributed by atoms with E-state index in [0.29, 0.717) is 44.2 Å². The zero-order chi connectivity index (χ0) is 101. The standard InChI is InChI=1S/C118H116N8O16/c1-65(2)105(127)119-51-55-123(56-52-120-106(128)66(3)4)113(135)87(59-69-27-25-31-81-79-29-21-23-33-89(79)141-103(69)81)125-109(131)83-61-91(137-75-43-35-71(36-44-75)115(9,10)11)97-99-93(139-77-47-39-73(40-48-77)117(15,16)17)63-85-96-86(64-94(140-78-49-41-74(42-50-78)118(18,19)20)100(102(96)99)98-92(62-84(110(125)132)95(83)101(97)98)138-76-45-37-72(38-46-76)116(12,13)14)112(134)126(111(85)133)88(60-70-28-26-32-82-80-30-22-24-34-90(80)142-104(70)82)114(136)124(57-53-121-107(129)67(5)6)58-54-122-108(130)68(7)8/h21-50,61-64,87-88H,1,3,5,7,51-60H2,2,4,6,8-20H3,(H,119,127)(H,120,128)(H,121,129)(H,122,130). The highest BCUT2D eigenvalue weighted by molar-refractivity contribution is 6.45. The van der Waals surface area contributed by atoms with Gasteiger partial charge in [0.1, 0.15) is 80.4 Å². The summed E-state index contributed by atoms with van der Waals surface area (Å²) in [6, 6.07) is 58.4. The maximum absolute atomic E-state index is 17.7. The first-order valence-electron chi connectivity index (χ1n) is 47.8. The summed E-state index contributed by atoms with van der Waals surface area (Å²) < 4.78 is 43.8. The number of nitrogens with zero attached hydrogens (tertiary/aromatic N) is 4. The molecule has 15 aromatic rings. The second-order valence-electron chi connectivity index (χ2n) is 41.2. The molecule has 2 aliphatic rings. The lowest BCUT2D eigenvalue weighted by Crippen LogP contribution is -2.57. The molecule has 0 bridgehead atoms. The van der Waals surface area contributed by atoms with Crippen LogP contribution in [0.2, 0.25) is 0 Å². The fraction of sp³-hybridized carbons (Fsp3) is 0.271. The molecule has 2 unspecified atom stereocenters. The van der Waals surface area contributed by atoms with Crippen molar-refractivity contribution in [1.29, 1.82) is 0 Å². The Bertz CT molecular complexity index is 7000. The molecule has 724 valence electrons. The van der Waals surface area contributed by atoms with Crippen LogP contribution in [0.5, 0.6) is 46.0 Å². The van der Waals surface area contributed by atoms with Crippen molar-refractivity contribution in [2.45, 2.75) is 157 Å². The van der Waals surface area contributed by atoms with Crippen LogP contribution in [0.1, 0.15) is 186 Å². The zero-order valence-corrected chi connectivity index (χ0v) is 83.0. The monoisotopic (exact) mass is 1900 g/mol. The number of benzene rings is 13. The fourth-order valence-electron chi connectivity index (χ4n) is 18.9.